The number of nitrogens with zero attached hydrogens (tertiary/aromatic N) is 1. The second-order valence-electron chi connectivity index (χ2n) is 7.43. The Morgan fingerprint density at radius 1 is 1.16 bits per heavy atom. The zero-order valence-corrected chi connectivity index (χ0v) is 15.1. The van der Waals surface area contributed by atoms with Gasteiger partial charge in [0.05, 0.1) is 5.41 Å². The van der Waals surface area contributed by atoms with E-state index < -0.39 is 17.6 Å². The van der Waals surface area contributed by atoms with E-state index in [4.69, 9.17) is 0 Å². The summed E-state index contributed by atoms with van der Waals surface area (Å²) in [6.07, 6.45) is -1.45. The number of halogens is 3. The Morgan fingerprint density at radius 2 is 1.76 bits per heavy atom. The van der Waals surface area contributed by atoms with Gasteiger partial charge in [0, 0.05) is 6.54 Å². The normalized spacial score (nSPS) is 19.0. The molecule has 1 heterocycles. The molecule has 1 aliphatic rings. The molecule has 1 fully saturated rings. The number of rotatable bonds is 7. The highest BCUT2D eigenvalue weighted by Crippen LogP contribution is 2.33. The van der Waals surface area contributed by atoms with Gasteiger partial charge in [-0.1, -0.05) is 37.6 Å². The Balaban J connectivity index is 1.87. The summed E-state index contributed by atoms with van der Waals surface area (Å²) in [5, 5.41) is 1.07. The van der Waals surface area contributed by atoms with Crippen LogP contribution < -0.4 is 5.43 Å². The Bertz CT molecular complexity index is 581. The third-order valence-electron chi connectivity index (χ3n) is 4.80. The fraction of sp³-hybridized carbons (Fsp3) is 0.632. The van der Waals surface area contributed by atoms with Crippen LogP contribution in [-0.2, 0) is 17.6 Å². The van der Waals surface area contributed by atoms with Gasteiger partial charge in [-0.2, -0.15) is 13.2 Å². The molecule has 140 valence electrons. The van der Waals surface area contributed by atoms with Crippen molar-refractivity contribution in [3.63, 3.8) is 0 Å². The van der Waals surface area contributed by atoms with E-state index in [-0.39, 0.29) is 18.9 Å². The molecule has 0 aliphatic carbocycles. The molecule has 0 bridgehead atoms. The third-order valence-corrected chi connectivity index (χ3v) is 4.80. The van der Waals surface area contributed by atoms with E-state index in [1.807, 2.05) is 12.1 Å². The second kappa shape index (κ2) is 7.77. The molecule has 3 nitrogen and oxygen atoms in total. The molecule has 0 radical (unpaired) electrons. The van der Waals surface area contributed by atoms with Gasteiger partial charge in [0.1, 0.15) is 6.04 Å². The Labute approximate surface area is 147 Å². The fourth-order valence-electron chi connectivity index (χ4n) is 3.11. The molecule has 1 amide bonds. The smallest absolute Gasteiger partial charge is 0.288 e. The minimum Gasteiger partial charge on any atom is -0.288 e. The molecule has 1 saturated heterocycles. The summed E-state index contributed by atoms with van der Waals surface area (Å²) in [6.45, 7) is 5.49. The van der Waals surface area contributed by atoms with Crippen molar-refractivity contribution in [2.75, 3.05) is 6.54 Å². The number of amides is 1. The van der Waals surface area contributed by atoms with Gasteiger partial charge in [-0.05, 0) is 50.7 Å². The molecule has 1 aromatic rings. The predicted octanol–water partition coefficient (Wildman–Crippen LogP) is 4.27. The fourth-order valence-corrected chi connectivity index (χ4v) is 3.11. The highest BCUT2D eigenvalue weighted by molar-refractivity contribution is 5.83. The van der Waals surface area contributed by atoms with Crippen LogP contribution >= 0.6 is 0 Å². The van der Waals surface area contributed by atoms with Crippen LogP contribution in [0, 0.1) is 5.41 Å². The molecule has 1 aromatic carbocycles. The molecule has 0 spiro atoms. The number of aryl methyl sites for hydroxylation is 2. The molecule has 0 saturated carbocycles. The monoisotopic (exact) mass is 356 g/mol. The molecule has 2 rings (SSSR count). The van der Waals surface area contributed by atoms with E-state index in [1.165, 1.54) is 5.56 Å². The molecule has 1 unspecified atom stereocenters. The summed E-state index contributed by atoms with van der Waals surface area (Å²) in [7, 11) is 0. The Kier molecular flexibility index (Phi) is 6.14. The molecule has 0 aromatic heterocycles. The number of hydrogen-bond acceptors (Lipinski definition) is 2. The first-order chi connectivity index (χ1) is 11.6. The molecular formula is C19H27F3N2O. The van der Waals surface area contributed by atoms with Gasteiger partial charge >= 0.3 is 6.18 Å². The highest BCUT2D eigenvalue weighted by atomic mass is 19.4. The van der Waals surface area contributed by atoms with Crippen LogP contribution in [0.5, 0.6) is 0 Å². The average molecular weight is 356 g/mol. The first-order valence-corrected chi connectivity index (χ1v) is 8.86. The van der Waals surface area contributed by atoms with E-state index >= 15 is 0 Å². The van der Waals surface area contributed by atoms with Crippen molar-refractivity contribution in [3.05, 3.63) is 35.4 Å². The largest absolute Gasteiger partial charge is 0.405 e. The number of alkyl halides is 3. The minimum absolute atomic E-state index is 0.00704. The van der Waals surface area contributed by atoms with Gasteiger partial charge < -0.3 is 0 Å². The van der Waals surface area contributed by atoms with Crippen molar-refractivity contribution in [3.8, 4) is 0 Å². The van der Waals surface area contributed by atoms with E-state index in [0.29, 0.717) is 12.8 Å². The topological polar surface area (TPSA) is 32.3 Å². The molecule has 1 N–H and O–H groups in total. The number of hydrazine groups is 1. The van der Waals surface area contributed by atoms with Crippen molar-refractivity contribution in [2.24, 2.45) is 5.41 Å². The van der Waals surface area contributed by atoms with E-state index in [2.05, 4.69) is 24.5 Å². The zero-order valence-electron chi connectivity index (χ0n) is 15.1. The number of unbranched alkanes of at least 4 members (excludes halogenated alkanes) is 1. The van der Waals surface area contributed by atoms with Crippen LogP contribution in [0.25, 0.3) is 0 Å². The number of carbonyl (C=O) groups excluding carboxylic acids is 1. The highest BCUT2D eigenvalue weighted by Gasteiger charge is 2.49. The Morgan fingerprint density at radius 3 is 2.24 bits per heavy atom. The maximum Gasteiger partial charge on any atom is 0.405 e. The lowest BCUT2D eigenvalue weighted by atomic mass is 9.94. The van der Waals surface area contributed by atoms with Crippen LogP contribution in [0.1, 0.15) is 51.2 Å². The second-order valence-corrected chi connectivity index (χ2v) is 7.43. The summed E-state index contributed by atoms with van der Waals surface area (Å²) >= 11 is 0. The Hall–Kier alpha value is -1.56. The number of nitrogens with one attached hydrogen (secondary N) is 1. The lowest BCUT2D eigenvalue weighted by Gasteiger charge is -2.29. The lowest BCUT2D eigenvalue weighted by molar-refractivity contribution is -0.190. The predicted molar refractivity (Wildman–Crippen MR) is 91.8 cm³/mol. The van der Waals surface area contributed by atoms with E-state index in [0.717, 1.165) is 23.4 Å². The average Bonchev–Trinajstić information content (AvgIpc) is 2.79. The van der Waals surface area contributed by atoms with E-state index in [1.54, 1.807) is 13.8 Å². The summed E-state index contributed by atoms with van der Waals surface area (Å²) in [5.41, 5.74) is 4.02. The number of hydrogen-bond donors (Lipinski definition) is 1. The minimum atomic E-state index is -4.35. The van der Waals surface area contributed by atoms with Crippen LogP contribution in [0.3, 0.4) is 0 Å². The maximum atomic E-state index is 13.4. The van der Waals surface area contributed by atoms with Crippen molar-refractivity contribution >= 4 is 5.91 Å². The van der Waals surface area contributed by atoms with Gasteiger partial charge in [0.15, 0.2) is 0 Å². The zero-order chi connectivity index (χ0) is 18.7. The van der Waals surface area contributed by atoms with Crippen LogP contribution in [0.2, 0.25) is 0 Å². The van der Waals surface area contributed by atoms with Crippen molar-refractivity contribution in [1.82, 2.24) is 10.4 Å². The summed E-state index contributed by atoms with van der Waals surface area (Å²) in [6, 6.07) is 6.60. The summed E-state index contributed by atoms with van der Waals surface area (Å²) in [5.74, 6) is -0.349. The van der Waals surface area contributed by atoms with Gasteiger partial charge in [0.2, 0.25) is 5.91 Å². The standard InChI is InChI=1S/C19H27F3N2O/c1-4-14-9-11-15(12-10-14)7-5-6-8-16(19(20,21)22)24-13-18(2,3)17(25)23-24/h9-12,16H,4-8,13H2,1-3H3,(H,23,25). The molecule has 25 heavy (non-hydrogen) atoms. The van der Waals surface area contributed by atoms with Gasteiger partial charge in [-0.3, -0.25) is 10.2 Å². The number of carbonyl (C=O) groups is 1. The van der Waals surface area contributed by atoms with Crippen molar-refractivity contribution < 1.29 is 18.0 Å². The lowest BCUT2D eigenvalue weighted by Crippen LogP contribution is -2.49. The first kappa shape index (κ1) is 19.8. The number of benzene rings is 1. The third kappa shape index (κ3) is 5.21. The SMILES string of the molecule is CCc1ccc(CCCCC(N2CC(C)(C)C(=O)N2)C(F)(F)F)cc1. The van der Waals surface area contributed by atoms with E-state index in [9.17, 15) is 18.0 Å². The maximum absolute atomic E-state index is 13.4. The van der Waals surface area contributed by atoms with Gasteiger partial charge in [0.25, 0.3) is 0 Å². The molecule has 1 aliphatic heterocycles. The van der Waals surface area contributed by atoms with Gasteiger partial charge in [-0.25, -0.2) is 5.01 Å². The van der Waals surface area contributed by atoms with Crippen LogP contribution in [0.15, 0.2) is 24.3 Å². The molecule has 1 atom stereocenters. The van der Waals surface area contributed by atoms with Crippen molar-refractivity contribution in [2.45, 2.75) is 65.1 Å². The summed E-state index contributed by atoms with van der Waals surface area (Å²) < 4.78 is 40.2. The molecular weight excluding hydrogens is 329 g/mol. The van der Waals surface area contributed by atoms with Crippen molar-refractivity contribution in [1.29, 1.82) is 0 Å². The quantitative estimate of drug-likeness (QED) is 0.740. The summed E-state index contributed by atoms with van der Waals surface area (Å²) in [4.78, 5) is 11.8. The molecule has 6 heteroatoms. The van der Waals surface area contributed by atoms with Crippen LogP contribution in [0.4, 0.5) is 13.2 Å². The van der Waals surface area contributed by atoms with Crippen LogP contribution in [-0.4, -0.2) is 29.7 Å². The first-order valence-electron chi connectivity index (χ1n) is 8.86. The van der Waals surface area contributed by atoms with Gasteiger partial charge in [-0.15, -0.1) is 0 Å².